The van der Waals surface area contributed by atoms with Crippen molar-refractivity contribution in [3.05, 3.63) is 102 Å². The maximum atomic E-state index is 13.1. The predicted molar refractivity (Wildman–Crippen MR) is 112 cm³/mol. The average molecular weight is 395 g/mol. The van der Waals surface area contributed by atoms with Gasteiger partial charge < -0.3 is 4.74 Å². The van der Waals surface area contributed by atoms with Crippen molar-refractivity contribution in [1.82, 2.24) is 15.8 Å². The molecule has 0 fully saturated rings. The van der Waals surface area contributed by atoms with Crippen LogP contribution in [0.4, 0.5) is 0 Å². The average Bonchev–Trinajstić information content (AvgIpc) is 2.80. The zero-order chi connectivity index (χ0) is 20.5. The van der Waals surface area contributed by atoms with Gasteiger partial charge in [-0.15, -0.1) is 0 Å². The molecular weight excluding hydrogens is 378 g/mol. The van der Waals surface area contributed by atoms with Crippen LogP contribution in [0.2, 0.25) is 0 Å². The number of nitrogens with one attached hydrogen (secondary N) is 2. The number of amides is 2. The summed E-state index contributed by atoms with van der Waals surface area (Å²) in [5, 5.41) is 0.938. The number of pyridine rings is 1. The van der Waals surface area contributed by atoms with E-state index in [1.54, 1.807) is 6.07 Å². The summed E-state index contributed by atoms with van der Waals surface area (Å²) in [5.74, 6) is -0.191. The number of hydrogen-bond acceptors (Lipinski definition) is 4. The fourth-order valence-corrected chi connectivity index (χ4v) is 3.64. The van der Waals surface area contributed by atoms with Gasteiger partial charge in [-0.3, -0.25) is 20.4 Å². The summed E-state index contributed by atoms with van der Waals surface area (Å²) in [6.07, 6.45) is 0. The molecule has 4 aromatic rings. The summed E-state index contributed by atoms with van der Waals surface area (Å²) in [6, 6.07) is 25.7. The molecule has 3 aromatic carbocycles. The highest BCUT2D eigenvalue weighted by Gasteiger charge is 2.32. The maximum absolute atomic E-state index is 13.1. The van der Waals surface area contributed by atoms with Crippen LogP contribution in [-0.4, -0.2) is 16.8 Å². The number of fused-ring (bicyclic) bond motifs is 3. The van der Waals surface area contributed by atoms with Gasteiger partial charge >= 0.3 is 0 Å². The molecule has 0 saturated carbocycles. The number of benzene rings is 3. The molecule has 0 bridgehead atoms. The van der Waals surface area contributed by atoms with Crippen LogP contribution in [0.5, 0.6) is 11.5 Å². The smallest absolute Gasteiger partial charge is 0.288 e. The van der Waals surface area contributed by atoms with Gasteiger partial charge in [0.2, 0.25) is 0 Å². The van der Waals surface area contributed by atoms with Crippen molar-refractivity contribution in [2.45, 2.75) is 5.92 Å². The highest BCUT2D eigenvalue weighted by molar-refractivity contribution is 5.97. The van der Waals surface area contributed by atoms with Crippen molar-refractivity contribution in [2.75, 3.05) is 0 Å². The maximum Gasteiger partial charge on any atom is 0.288 e. The van der Waals surface area contributed by atoms with Crippen LogP contribution in [0.3, 0.4) is 0 Å². The van der Waals surface area contributed by atoms with E-state index in [1.807, 2.05) is 78.9 Å². The number of para-hydroxylation sites is 3. The zero-order valence-electron chi connectivity index (χ0n) is 15.8. The van der Waals surface area contributed by atoms with E-state index in [2.05, 4.69) is 15.8 Å². The minimum atomic E-state index is -0.601. The van der Waals surface area contributed by atoms with E-state index >= 15 is 0 Å². The van der Waals surface area contributed by atoms with Crippen LogP contribution >= 0.6 is 0 Å². The standard InChI is InChI=1S/C24H17N3O3/c28-23(19-14-13-15-7-1-4-10-18(15)25-19)26-27-24(29)22-16-8-2-5-11-20(16)30-21-12-6-3-9-17(21)22/h1-14,22H,(H,26,28)(H,27,29). The highest BCUT2D eigenvalue weighted by Crippen LogP contribution is 2.43. The Labute approximate surface area is 172 Å². The number of carbonyl (C=O) groups excluding carboxylic acids is 2. The Balaban J connectivity index is 1.38. The van der Waals surface area contributed by atoms with E-state index < -0.39 is 11.8 Å². The lowest BCUT2D eigenvalue weighted by Crippen LogP contribution is -2.44. The molecule has 0 unspecified atom stereocenters. The first kappa shape index (κ1) is 17.9. The second-order valence-electron chi connectivity index (χ2n) is 6.94. The topological polar surface area (TPSA) is 80.3 Å². The fourth-order valence-electron chi connectivity index (χ4n) is 3.64. The molecular formula is C24H17N3O3. The quantitative estimate of drug-likeness (QED) is 0.504. The number of aromatic nitrogens is 1. The zero-order valence-corrected chi connectivity index (χ0v) is 15.8. The second-order valence-corrected chi connectivity index (χ2v) is 6.94. The van der Waals surface area contributed by atoms with Crippen molar-refractivity contribution >= 4 is 22.7 Å². The van der Waals surface area contributed by atoms with Crippen LogP contribution in [0.15, 0.2) is 84.9 Å². The van der Waals surface area contributed by atoms with E-state index in [0.29, 0.717) is 17.0 Å². The Morgan fingerprint density at radius 2 is 1.37 bits per heavy atom. The molecule has 2 heterocycles. The molecule has 146 valence electrons. The van der Waals surface area contributed by atoms with Crippen LogP contribution in [0.1, 0.15) is 27.5 Å². The van der Waals surface area contributed by atoms with Gasteiger partial charge in [0.1, 0.15) is 17.2 Å². The lowest BCUT2D eigenvalue weighted by Gasteiger charge is -2.27. The molecule has 2 N–H and O–H groups in total. The van der Waals surface area contributed by atoms with Gasteiger partial charge in [-0.2, -0.15) is 0 Å². The Hall–Kier alpha value is -4.19. The van der Waals surface area contributed by atoms with Gasteiger partial charge in [0.15, 0.2) is 0 Å². The number of rotatable bonds is 2. The van der Waals surface area contributed by atoms with E-state index in [-0.39, 0.29) is 11.6 Å². The first-order valence-electron chi connectivity index (χ1n) is 9.52. The Morgan fingerprint density at radius 1 is 0.733 bits per heavy atom. The molecule has 0 radical (unpaired) electrons. The number of ether oxygens (including phenoxy) is 1. The molecule has 6 nitrogen and oxygen atoms in total. The largest absolute Gasteiger partial charge is 0.457 e. The molecule has 0 aliphatic carbocycles. The van der Waals surface area contributed by atoms with Gasteiger partial charge in [-0.05, 0) is 24.3 Å². The van der Waals surface area contributed by atoms with Crippen molar-refractivity contribution in [3.63, 3.8) is 0 Å². The van der Waals surface area contributed by atoms with E-state index in [9.17, 15) is 9.59 Å². The van der Waals surface area contributed by atoms with Gasteiger partial charge in [0, 0.05) is 16.5 Å². The molecule has 5 rings (SSSR count). The molecule has 6 heteroatoms. The first-order chi connectivity index (χ1) is 14.7. The van der Waals surface area contributed by atoms with Gasteiger partial charge in [0.05, 0.1) is 11.4 Å². The molecule has 1 aliphatic rings. The molecule has 2 amide bonds. The Morgan fingerprint density at radius 3 is 2.10 bits per heavy atom. The third-order valence-electron chi connectivity index (χ3n) is 5.07. The van der Waals surface area contributed by atoms with Crippen LogP contribution in [0.25, 0.3) is 10.9 Å². The normalized spacial score (nSPS) is 12.4. The third kappa shape index (κ3) is 3.14. The van der Waals surface area contributed by atoms with Crippen LogP contribution in [0, 0.1) is 0 Å². The van der Waals surface area contributed by atoms with Crippen LogP contribution in [-0.2, 0) is 4.79 Å². The summed E-state index contributed by atoms with van der Waals surface area (Å²) in [7, 11) is 0. The second kappa shape index (κ2) is 7.33. The molecule has 1 aliphatic heterocycles. The summed E-state index contributed by atoms with van der Waals surface area (Å²) in [5.41, 5.74) is 7.45. The predicted octanol–water partition coefficient (Wildman–Crippen LogP) is 3.93. The SMILES string of the molecule is O=C(NNC(=O)C1c2ccccc2Oc2ccccc21)c1ccc2ccccc2n1. The minimum absolute atomic E-state index is 0.224. The van der Waals surface area contributed by atoms with Crippen molar-refractivity contribution < 1.29 is 14.3 Å². The first-order valence-corrected chi connectivity index (χ1v) is 9.52. The lowest BCUT2D eigenvalue weighted by molar-refractivity contribution is -0.122. The Kier molecular flexibility index (Phi) is 4.37. The molecule has 0 saturated heterocycles. The van der Waals surface area contributed by atoms with Crippen molar-refractivity contribution in [2.24, 2.45) is 0 Å². The number of hydrazine groups is 1. The fraction of sp³-hybridized carbons (Fsp3) is 0.0417. The van der Waals surface area contributed by atoms with Gasteiger partial charge in [0.25, 0.3) is 11.8 Å². The summed E-state index contributed by atoms with van der Waals surface area (Å²) in [4.78, 5) is 30.0. The van der Waals surface area contributed by atoms with Gasteiger partial charge in [-0.25, -0.2) is 4.98 Å². The highest BCUT2D eigenvalue weighted by atomic mass is 16.5. The van der Waals surface area contributed by atoms with E-state index in [1.165, 1.54) is 0 Å². The van der Waals surface area contributed by atoms with Crippen molar-refractivity contribution in [1.29, 1.82) is 0 Å². The monoisotopic (exact) mass is 395 g/mol. The summed E-state index contributed by atoms with van der Waals surface area (Å²) < 4.78 is 5.92. The lowest BCUT2D eigenvalue weighted by atomic mass is 9.87. The van der Waals surface area contributed by atoms with Gasteiger partial charge in [-0.1, -0.05) is 60.7 Å². The van der Waals surface area contributed by atoms with Crippen molar-refractivity contribution in [3.8, 4) is 11.5 Å². The number of hydrogen-bond donors (Lipinski definition) is 2. The summed E-state index contributed by atoms with van der Waals surface area (Å²) >= 11 is 0. The summed E-state index contributed by atoms with van der Waals surface area (Å²) in [6.45, 7) is 0. The van der Waals surface area contributed by atoms with Crippen LogP contribution < -0.4 is 15.6 Å². The number of carbonyl (C=O) groups is 2. The molecule has 0 spiro atoms. The number of nitrogens with zero attached hydrogens (tertiary/aromatic N) is 1. The Bertz CT molecular complexity index is 1240. The molecule has 30 heavy (non-hydrogen) atoms. The molecule has 1 aromatic heterocycles. The third-order valence-corrected chi connectivity index (χ3v) is 5.07. The molecule has 0 atom stereocenters. The minimum Gasteiger partial charge on any atom is -0.457 e. The van der Waals surface area contributed by atoms with E-state index in [0.717, 1.165) is 16.5 Å². The van der Waals surface area contributed by atoms with E-state index in [4.69, 9.17) is 4.74 Å².